The predicted molar refractivity (Wildman–Crippen MR) is 129 cm³/mol. The van der Waals surface area contributed by atoms with Crippen LogP contribution in [0.15, 0.2) is 94.9 Å². The molecule has 0 aromatic heterocycles. The minimum atomic E-state index is -3.79. The van der Waals surface area contributed by atoms with E-state index in [4.69, 9.17) is 11.6 Å². The van der Waals surface area contributed by atoms with Crippen LogP contribution < -0.4 is 10.1 Å². The maximum Gasteiger partial charge on any atom is 0.271 e. The molecule has 3 N–H and O–H groups in total. The first-order chi connectivity index (χ1) is 15.8. The number of sulfonamides is 1. The molecule has 4 aromatic rings. The summed E-state index contributed by atoms with van der Waals surface area (Å²) >= 11 is 5.80. The third-order valence-electron chi connectivity index (χ3n) is 4.83. The quantitative estimate of drug-likeness (QED) is 0.273. The normalized spacial score (nSPS) is 11.5. The number of nitrogens with zero attached hydrogens (tertiary/aromatic N) is 1. The molecule has 0 atom stereocenters. The van der Waals surface area contributed by atoms with Gasteiger partial charge in [-0.25, -0.2) is 13.8 Å². The summed E-state index contributed by atoms with van der Waals surface area (Å²) < 4.78 is 27.4. The molecule has 0 spiro atoms. The smallest absolute Gasteiger partial charge is 0.271 e. The number of anilines is 1. The molecule has 0 aliphatic heterocycles. The van der Waals surface area contributed by atoms with E-state index in [9.17, 15) is 18.3 Å². The Kier molecular flexibility index (Phi) is 6.30. The van der Waals surface area contributed by atoms with Gasteiger partial charge in [-0.15, -0.1) is 0 Å². The van der Waals surface area contributed by atoms with Crippen LogP contribution in [0.2, 0.25) is 5.02 Å². The molecule has 1 amide bonds. The highest BCUT2D eigenvalue weighted by molar-refractivity contribution is 7.92. The molecule has 0 unspecified atom stereocenters. The fraction of sp³-hybridized carbons (Fsp3) is 0. The number of hydrogen-bond acceptors (Lipinski definition) is 5. The first-order valence-corrected chi connectivity index (χ1v) is 11.6. The molecule has 4 rings (SSSR count). The number of hydrogen-bond donors (Lipinski definition) is 3. The molecule has 0 radical (unpaired) electrons. The van der Waals surface area contributed by atoms with Gasteiger partial charge in [-0.1, -0.05) is 41.9 Å². The largest absolute Gasteiger partial charge is 0.507 e. The number of amides is 1. The van der Waals surface area contributed by atoms with Crippen molar-refractivity contribution in [3.05, 3.63) is 101 Å². The Hall–Kier alpha value is -3.88. The van der Waals surface area contributed by atoms with Crippen molar-refractivity contribution >= 4 is 50.2 Å². The predicted octanol–water partition coefficient (Wildman–Crippen LogP) is 4.76. The molecule has 0 bridgehead atoms. The molecule has 9 heteroatoms. The van der Waals surface area contributed by atoms with Gasteiger partial charge in [-0.2, -0.15) is 5.10 Å². The van der Waals surface area contributed by atoms with Crippen molar-refractivity contribution in [2.24, 2.45) is 5.10 Å². The van der Waals surface area contributed by atoms with E-state index in [0.29, 0.717) is 16.3 Å². The van der Waals surface area contributed by atoms with Crippen LogP contribution in [0.4, 0.5) is 5.69 Å². The average molecular weight is 480 g/mol. The van der Waals surface area contributed by atoms with Crippen molar-refractivity contribution in [1.82, 2.24) is 5.43 Å². The summed E-state index contributed by atoms with van der Waals surface area (Å²) in [7, 11) is -3.79. The van der Waals surface area contributed by atoms with Crippen LogP contribution in [0.3, 0.4) is 0 Å². The van der Waals surface area contributed by atoms with Crippen molar-refractivity contribution in [2.75, 3.05) is 4.72 Å². The topological polar surface area (TPSA) is 108 Å². The lowest BCUT2D eigenvalue weighted by molar-refractivity contribution is 0.0955. The Morgan fingerprint density at radius 2 is 1.61 bits per heavy atom. The molecule has 166 valence electrons. The van der Waals surface area contributed by atoms with Gasteiger partial charge in [0, 0.05) is 21.8 Å². The van der Waals surface area contributed by atoms with Gasteiger partial charge in [0.05, 0.1) is 11.1 Å². The average Bonchev–Trinajstić information content (AvgIpc) is 2.81. The number of carbonyl (C=O) groups excluding carboxylic acids is 1. The highest BCUT2D eigenvalue weighted by atomic mass is 35.5. The SMILES string of the molecule is O=C(N/N=C\c1c(O)ccc2ccccc12)c1ccc(NS(=O)(=O)c2ccc(Cl)cc2)cc1. The summed E-state index contributed by atoms with van der Waals surface area (Å²) in [5.74, 6) is -0.442. The Bertz CT molecular complexity index is 1450. The van der Waals surface area contributed by atoms with Crippen molar-refractivity contribution in [3.8, 4) is 5.75 Å². The summed E-state index contributed by atoms with van der Waals surface area (Å²) in [5, 5.41) is 16.3. The summed E-state index contributed by atoms with van der Waals surface area (Å²) in [5.41, 5.74) is 3.47. The van der Waals surface area contributed by atoms with Crippen LogP contribution in [0.1, 0.15) is 15.9 Å². The second-order valence-electron chi connectivity index (χ2n) is 7.06. The first-order valence-electron chi connectivity index (χ1n) is 9.76. The van der Waals surface area contributed by atoms with E-state index in [1.54, 1.807) is 12.1 Å². The fourth-order valence-electron chi connectivity index (χ4n) is 3.16. The zero-order chi connectivity index (χ0) is 23.4. The molecule has 4 aromatic carbocycles. The second kappa shape index (κ2) is 9.32. The molecule has 0 fully saturated rings. The van der Waals surface area contributed by atoms with Gasteiger partial charge < -0.3 is 5.11 Å². The van der Waals surface area contributed by atoms with E-state index in [2.05, 4.69) is 15.2 Å². The van der Waals surface area contributed by atoms with E-state index < -0.39 is 15.9 Å². The number of rotatable bonds is 6. The van der Waals surface area contributed by atoms with Gasteiger partial charge in [0.15, 0.2) is 0 Å². The first kappa shape index (κ1) is 22.3. The van der Waals surface area contributed by atoms with Crippen LogP contribution in [0.25, 0.3) is 10.8 Å². The minimum Gasteiger partial charge on any atom is -0.507 e. The third kappa shape index (κ3) is 5.14. The Morgan fingerprint density at radius 3 is 2.33 bits per heavy atom. The lowest BCUT2D eigenvalue weighted by atomic mass is 10.0. The van der Waals surface area contributed by atoms with E-state index in [0.717, 1.165) is 10.8 Å². The number of phenols is 1. The summed E-state index contributed by atoms with van der Waals surface area (Å²) in [4.78, 5) is 12.5. The van der Waals surface area contributed by atoms with Gasteiger partial charge in [0.25, 0.3) is 15.9 Å². The third-order valence-corrected chi connectivity index (χ3v) is 6.48. The van der Waals surface area contributed by atoms with Gasteiger partial charge >= 0.3 is 0 Å². The van der Waals surface area contributed by atoms with Crippen molar-refractivity contribution in [3.63, 3.8) is 0 Å². The van der Waals surface area contributed by atoms with Crippen molar-refractivity contribution in [2.45, 2.75) is 4.90 Å². The molecule has 0 aliphatic carbocycles. The van der Waals surface area contributed by atoms with E-state index in [-0.39, 0.29) is 16.2 Å². The number of aromatic hydroxyl groups is 1. The van der Waals surface area contributed by atoms with Crippen LogP contribution in [0.5, 0.6) is 5.75 Å². The highest BCUT2D eigenvalue weighted by Crippen LogP contribution is 2.25. The van der Waals surface area contributed by atoms with Gasteiger partial charge in [0.1, 0.15) is 5.75 Å². The van der Waals surface area contributed by atoms with Crippen LogP contribution in [0, 0.1) is 0 Å². The second-order valence-corrected chi connectivity index (χ2v) is 9.17. The monoisotopic (exact) mass is 479 g/mol. The molecule has 7 nitrogen and oxygen atoms in total. The van der Waals surface area contributed by atoms with Gasteiger partial charge in [-0.3, -0.25) is 9.52 Å². The zero-order valence-corrected chi connectivity index (χ0v) is 18.6. The lowest BCUT2D eigenvalue weighted by Crippen LogP contribution is -2.18. The van der Waals surface area contributed by atoms with Crippen LogP contribution in [-0.2, 0) is 10.0 Å². The Morgan fingerprint density at radius 1 is 0.909 bits per heavy atom. The van der Waals surface area contributed by atoms with E-state index in [1.807, 2.05) is 24.3 Å². The molecule has 0 saturated heterocycles. The fourth-order valence-corrected chi connectivity index (χ4v) is 4.34. The zero-order valence-electron chi connectivity index (χ0n) is 17.1. The van der Waals surface area contributed by atoms with Crippen LogP contribution in [-0.4, -0.2) is 25.6 Å². The number of halogens is 1. The number of phenolic OH excluding ortho intramolecular Hbond substituents is 1. The molecule has 0 aliphatic rings. The molecular weight excluding hydrogens is 462 g/mol. The summed E-state index contributed by atoms with van der Waals surface area (Å²) in [6.07, 6.45) is 1.38. The number of nitrogens with one attached hydrogen (secondary N) is 2. The lowest BCUT2D eigenvalue weighted by Gasteiger charge is -2.09. The van der Waals surface area contributed by atoms with E-state index >= 15 is 0 Å². The van der Waals surface area contributed by atoms with Gasteiger partial charge in [0.2, 0.25) is 0 Å². The Balaban J connectivity index is 1.44. The maximum atomic E-state index is 12.5. The standard InChI is InChI=1S/C24H18ClN3O4S/c25-18-8-12-20(13-9-18)33(31,32)28-19-10-5-17(6-11-19)24(30)27-26-15-22-21-4-2-1-3-16(21)7-14-23(22)29/h1-15,28-29H,(H,27,30)/b26-15-. The van der Waals surface area contributed by atoms with Crippen molar-refractivity contribution < 1.29 is 18.3 Å². The maximum absolute atomic E-state index is 12.5. The Labute approximate surface area is 195 Å². The minimum absolute atomic E-state index is 0.0454. The van der Waals surface area contributed by atoms with E-state index in [1.165, 1.54) is 54.7 Å². The molecule has 0 saturated carbocycles. The molecule has 33 heavy (non-hydrogen) atoms. The van der Waals surface area contributed by atoms with Crippen LogP contribution >= 0.6 is 11.6 Å². The van der Waals surface area contributed by atoms with Crippen molar-refractivity contribution in [1.29, 1.82) is 0 Å². The summed E-state index contributed by atoms with van der Waals surface area (Å²) in [6, 6.07) is 22.5. The molecular formula is C24H18ClN3O4S. The number of fused-ring (bicyclic) bond motifs is 1. The number of benzene rings is 4. The molecule has 0 heterocycles. The van der Waals surface area contributed by atoms with Gasteiger partial charge in [-0.05, 0) is 65.4 Å². The summed E-state index contributed by atoms with van der Waals surface area (Å²) in [6.45, 7) is 0. The number of carbonyl (C=O) groups is 1. The highest BCUT2D eigenvalue weighted by Gasteiger charge is 2.14. The number of hydrazone groups is 1.